The highest BCUT2D eigenvalue weighted by Crippen LogP contribution is 2.46. The summed E-state index contributed by atoms with van der Waals surface area (Å²) in [6.45, 7) is 0. The molecule has 1 aliphatic carbocycles. The van der Waals surface area contributed by atoms with Crippen molar-refractivity contribution in [1.82, 2.24) is 15.5 Å². The lowest BCUT2D eigenvalue weighted by Gasteiger charge is -2.32. The molecule has 194 valence electrons. The SMILES string of the molecule is O=C(NC1CC2O[C@H]1C[C@@H]2c1nnc(C2CC(OC(F)(F)F)C2)o1)[C@@H]1C[C@@H](O)c2cc(Cl)ccc2O1. The number of nitrogens with one attached hydrogen (secondary N) is 1. The van der Waals surface area contributed by atoms with Gasteiger partial charge in [-0.3, -0.25) is 9.53 Å². The summed E-state index contributed by atoms with van der Waals surface area (Å²) < 4.78 is 58.6. The number of hydrogen-bond donors (Lipinski definition) is 2. The minimum absolute atomic E-state index is 0.115. The third-order valence-corrected chi connectivity index (χ3v) is 7.63. The van der Waals surface area contributed by atoms with Crippen molar-refractivity contribution in [2.24, 2.45) is 0 Å². The first-order chi connectivity index (χ1) is 17.1. The Morgan fingerprint density at radius 2 is 1.89 bits per heavy atom. The molecule has 6 atom stereocenters. The largest absolute Gasteiger partial charge is 0.522 e. The third kappa shape index (κ3) is 4.55. The van der Waals surface area contributed by atoms with Gasteiger partial charge in [-0.2, -0.15) is 0 Å². The van der Waals surface area contributed by atoms with Crippen molar-refractivity contribution in [2.75, 3.05) is 0 Å². The normalized spacial score (nSPS) is 35.1. The molecule has 0 radical (unpaired) electrons. The van der Waals surface area contributed by atoms with Gasteiger partial charge in [-0.1, -0.05) is 11.6 Å². The summed E-state index contributed by atoms with van der Waals surface area (Å²) in [6, 6.07) is 4.68. The second-order valence-electron chi connectivity index (χ2n) is 9.78. The quantitative estimate of drug-likeness (QED) is 0.604. The van der Waals surface area contributed by atoms with Gasteiger partial charge in [0.1, 0.15) is 5.75 Å². The number of benzene rings is 1. The number of aliphatic hydroxyl groups is 1. The van der Waals surface area contributed by atoms with Gasteiger partial charge in [0.25, 0.3) is 5.91 Å². The van der Waals surface area contributed by atoms with E-state index in [2.05, 4.69) is 20.3 Å². The fraction of sp³-hybridized carbons (Fsp3) is 0.609. The first-order valence-electron chi connectivity index (χ1n) is 11.8. The molecule has 1 aromatic heterocycles. The van der Waals surface area contributed by atoms with Crippen LogP contribution in [0.3, 0.4) is 0 Å². The summed E-state index contributed by atoms with van der Waals surface area (Å²) in [5.74, 6) is 0.421. The standard InChI is InChI=1S/C23H23ClF3N3O6/c24-10-1-2-16-12(5-10)15(31)8-19(33-16)20(32)28-14-7-17-13(6-18(14)34-17)22-30-29-21(35-22)9-3-11(4-9)36-23(25,26)27/h1-2,5,9,11,13-15,17-19,31H,3-4,6-8H2,(H,28,32)/t9?,11?,13-,14?,15+,17?,18-,19-/m0/s1. The van der Waals surface area contributed by atoms with Gasteiger partial charge in [0.05, 0.1) is 36.4 Å². The van der Waals surface area contributed by atoms with E-state index in [1.807, 2.05) is 0 Å². The summed E-state index contributed by atoms with van der Waals surface area (Å²) in [5.41, 5.74) is 0.557. The molecular weight excluding hydrogens is 507 g/mol. The monoisotopic (exact) mass is 529 g/mol. The number of carbonyl (C=O) groups is 1. The van der Waals surface area contributed by atoms with Crippen molar-refractivity contribution >= 4 is 17.5 Å². The second kappa shape index (κ2) is 8.86. The summed E-state index contributed by atoms with van der Waals surface area (Å²) in [5, 5.41) is 22.0. The fourth-order valence-corrected chi connectivity index (χ4v) is 5.72. The zero-order valence-corrected chi connectivity index (χ0v) is 19.5. The molecule has 2 N–H and O–H groups in total. The average molecular weight is 530 g/mol. The van der Waals surface area contributed by atoms with Crippen LogP contribution in [-0.2, 0) is 14.3 Å². The van der Waals surface area contributed by atoms with E-state index >= 15 is 0 Å². The van der Waals surface area contributed by atoms with Gasteiger partial charge in [0.2, 0.25) is 11.8 Å². The summed E-state index contributed by atoms with van der Waals surface area (Å²) >= 11 is 5.98. The van der Waals surface area contributed by atoms with E-state index in [1.54, 1.807) is 18.2 Å². The number of halogens is 4. The molecule has 2 saturated heterocycles. The molecule has 1 saturated carbocycles. The molecule has 36 heavy (non-hydrogen) atoms. The Kier molecular flexibility index (Phi) is 5.90. The van der Waals surface area contributed by atoms with Crippen LogP contribution in [0.5, 0.6) is 5.75 Å². The zero-order valence-electron chi connectivity index (χ0n) is 18.8. The Morgan fingerprint density at radius 3 is 2.61 bits per heavy atom. The maximum atomic E-state index is 12.9. The number of fused-ring (bicyclic) bond motifs is 3. The van der Waals surface area contributed by atoms with Crippen LogP contribution >= 0.6 is 11.6 Å². The third-order valence-electron chi connectivity index (χ3n) is 7.39. The highest BCUT2D eigenvalue weighted by molar-refractivity contribution is 6.30. The van der Waals surface area contributed by atoms with E-state index in [1.165, 1.54) is 0 Å². The maximum Gasteiger partial charge on any atom is 0.522 e. The number of nitrogens with zero attached hydrogens (tertiary/aromatic N) is 2. The van der Waals surface area contributed by atoms with Crippen molar-refractivity contribution < 1.29 is 41.7 Å². The van der Waals surface area contributed by atoms with Crippen molar-refractivity contribution in [1.29, 1.82) is 0 Å². The maximum absolute atomic E-state index is 12.9. The van der Waals surface area contributed by atoms with Crippen LogP contribution in [0, 0.1) is 0 Å². The van der Waals surface area contributed by atoms with Crippen molar-refractivity contribution in [3.05, 3.63) is 40.6 Å². The molecule has 9 nitrogen and oxygen atoms in total. The molecule has 1 aromatic carbocycles. The molecular formula is C23H23ClF3N3O6. The number of ether oxygens (including phenoxy) is 3. The number of aromatic nitrogens is 2. The molecule has 13 heteroatoms. The Morgan fingerprint density at radius 1 is 1.11 bits per heavy atom. The second-order valence-corrected chi connectivity index (χ2v) is 10.2. The molecule has 3 fully saturated rings. The summed E-state index contributed by atoms with van der Waals surface area (Å²) in [4.78, 5) is 12.9. The number of carbonyl (C=O) groups excluding carboxylic acids is 1. The van der Waals surface area contributed by atoms with Crippen LogP contribution < -0.4 is 10.1 Å². The summed E-state index contributed by atoms with van der Waals surface area (Å²) in [6.07, 6.45) is -6.12. The molecule has 2 aromatic rings. The van der Waals surface area contributed by atoms with Gasteiger partial charge in [-0.25, -0.2) is 0 Å². The van der Waals surface area contributed by atoms with Gasteiger partial charge in [0, 0.05) is 22.9 Å². The fourth-order valence-electron chi connectivity index (χ4n) is 5.54. The number of alkyl halides is 3. The van der Waals surface area contributed by atoms with Crippen molar-refractivity contribution in [2.45, 2.75) is 86.9 Å². The van der Waals surface area contributed by atoms with Crippen LogP contribution in [0.1, 0.15) is 67.4 Å². The molecule has 2 bridgehead atoms. The Balaban J connectivity index is 1.02. The Bertz CT molecular complexity index is 1160. The van der Waals surface area contributed by atoms with Gasteiger partial charge in [-0.15, -0.1) is 23.4 Å². The first-order valence-corrected chi connectivity index (χ1v) is 12.2. The van der Waals surface area contributed by atoms with Gasteiger partial charge in [0.15, 0.2) is 6.10 Å². The molecule has 3 aliphatic heterocycles. The van der Waals surface area contributed by atoms with E-state index in [4.69, 9.17) is 25.5 Å². The highest BCUT2D eigenvalue weighted by atomic mass is 35.5. The van der Waals surface area contributed by atoms with Crippen LogP contribution in [0.2, 0.25) is 5.02 Å². The van der Waals surface area contributed by atoms with E-state index in [9.17, 15) is 23.1 Å². The number of hydrogen-bond acceptors (Lipinski definition) is 8. The predicted octanol–water partition coefficient (Wildman–Crippen LogP) is 3.52. The first kappa shape index (κ1) is 24.0. The zero-order chi connectivity index (χ0) is 25.2. The molecule has 6 rings (SSSR count). The van der Waals surface area contributed by atoms with Crippen molar-refractivity contribution in [3.63, 3.8) is 0 Å². The minimum atomic E-state index is -4.65. The van der Waals surface area contributed by atoms with Crippen LogP contribution in [0.4, 0.5) is 13.2 Å². The number of rotatable bonds is 5. The van der Waals surface area contributed by atoms with E-state index < -0.39 is 24.7 Å². The average Bonchev–Trinajstić information content (AvgIpc) is 3.51. The highest BCUT2D eigenvalue weighted by Gasteiger charge is 2.51. The lowest BCUT2D eigenvalue weighted by Crippen LogP contribution is -2.49. The van der Waals surface area contributed by atoms with Gasteiger partial charge < -0.3 is 24.3 Å². The van der Waals surface area contributed by atoms with Crippen molar-refractivity contribution in [3.8, 4) is 5.75 Å². The smallest absolute Gasteiger partial charge is 0.480 e. The van der Waals surface area contributed by atoms with Crippen LogP contribution in [0.15, 0.2) is 22.6 Å². The number of aliphatic hydroxyl groups excluding tert-OH is 1. The van der Waals surface area contributed by atoms with Crippen LogP contribution in [-0.4, -0.2) is 58.0 Å². The van der Waals surface area contributed by atoms with Crippen LogP contribution in [0.25, 0.3) is 0 Å². The molecule has 2 unspecified atom stereocenters. The molecule has 1 amide bonds. The van der Waals surface area contributed by atoms with Gasteiger partial charge in [-0.05, 0) is 43.9 Å². The van der Waals surface area contributed by atoms with E-state index in [0.29, 0.717) is 41.0 Å². The van der Waals surface area contributed by atoms with E-state index in [0.717, 1.165) is 0 Å². The lowest BCUT2D eigenvalue weighted by atomic mass is 9.82. The molecule has 4 heterocycles. The summed E-state index contributed by atoms with van der Waals surface area (Å²) in [7, 11) is 0. The molecule has 4 aliphatic rings. The molecule has 0 spiro atoms. The van der Waals surface area contributed by atoms with Gasteiger partial charge >= 0.3 is 6.36 Å². The predicted molar refractivity (Wildman–Crippen MR) is 115 cm³/mol. The minimum Gasteiger partial charge on any atom is -0.480 e. The Labute approximate surface area is 208 Å². The Hall–Kier alpha value is -2.41. The number of amides is 1. The topological polar surface area (TPSA) is 116 Å². The lowest BCUT2D eigenvalue weighted by molar-refractivity contribution is -0.352. The van der Waals surface area contributed by atoms with E-state index in [-0.39, 0.29) is 55.3 Å².